The van der Waals surface area contributed by atoms with E-state index >= 15 is 0 Å². The van der Waals surface area contributed by atoms with Crippen molar-refractivity contribution in [1.29, 1.82) is 0 Å². The predicted molar refractivity (Wildman–Crippen MR) is 95.3 cm³/mol. The molecule has 0 saturated heterocycles. The standard InChI is InChI=1S/C18H13FN6O/c19-13-4-6-14(7-5-13)21-18(26)22-15-3-1-2-12(10-15)16-8-9-17-23-20-11-25(17)24-16/h1-11H,(H2,21,22,26). The number of aromatic nitrogens is 4. The predicted octanol–water partition coefficient (Wildman–Crippen LogP) is 3.57. The maximum Gasteiger partial charge on any atom is 0.323 e. The third-order valence-electron chi connectivity index (χ3n) is 3.68. The molecular formula is C18H13FN6O. The Morgan fingerprint density at radius 2 is 1.77 bits per heavy atom. The smallest absolute Gasteiger partial charge is 0.308 e. The molecule has 2 aromatic carbocycles. The minimum Gasteiger partial charge on any atom is -0.308 e. The maximum atomic E-state index is 12.9. The van der Waals surface area contributed by atoms with Gasteiger partial charge in [0.1, 0.15) is 12.1 Å². The monoisotopic (exact) mass is 348 g/mol. The number of urea groups is 1. The Hall–Kier alpha value is -3.81. The Morgan fingerprint density at radius 3 is 2.62 bits per heavy atom. The second kappa shape index (κ2) is 6.60. The number of carbonyl (C=O) groups excluding carboxylic acids is 1. The van der Waals surface area contributed by atoms with Gasteiger partial charge in [-0.2, -0.15) is 9.61 Å². The number of amides is 2. The normalized spacial score (nSPS) is 10.7. The van der Waals surface area contributed by atoms with Gasteiger partial charge in [0, 0.05) is 16.9 Å². The molecule has 0 fully saturated rings. The number of rotatable bonds is 3. The maximum absolute atomic E-state index is 12.9. The van der Waals surface area contributed by atoms with Crippen molar-refractivity contribution in [1.82, 2.24) is 19.8 Å². The summed E-state index contributed by atoms with van der Waals surface area (Å²) in [6, 6.07) is 16.1. The zero-order valence-corrected chi connectivity index (χ0v) is 13.4. The summed E-state index contributed by atoms with van der Waals surface area (Å²) in [6.07, 6.45) is 1.52. The van der Waals surface area contributed by atoms with Crippen LogP contribution >= 0.6 is 0 Å². The van der Waals surface area contributed by atoms with Gasteiger partial charge in [-0.3, -0.25) is 0 Å². The number of nitrogens with zero attached hydrogens (tertiary/aromatic N) is 4. The van der Waals surface area contributed by atoms with Gasteiger partial charge in [0.2, 0.25) is 0 Å². The summed E-state index contributed by atoms with van der Waals surface area (Å²) in [5, 5.41) is 17.5. The molecule has 128 valence electrons. The van der Waals surface area contributed by atoms with Gasteiger partial charge in [0.15, 0.2) is 5.65 Å². The molecule has 0 atom stereocenters. The molecule has 0 aliphatic rings. The molecule has 4 rings (SSSR count). The largest absolute Gasteiger partial charge is 0.323 e. The van der Waals surface area contributed by atoms with E-state index in [2.05, 4.69) is 25.9 Å². The van der Waals surface area contributed by atoms with E-state index in [0.29, 0.717) is 17.0 Å². The molecule has 0 unspecified atom stereocenters. The average Bonchev–Trinajstić information content (AvgIpc) is 3.11. The summed E-state index contributed by atoms with van der Waals surface area (Å²) in [5.41, 5.74) is 3.31. The second-order valence-corrected chi connectivity index (χ2v) is 5.52. The van der Waals surface area contributed by atoms with Gasteiger partial charge in [-0.1, -0.05) is 12.1 Å². The lowest BCUT2D eigenvalue weighted by Crippen LogP contribution is -2.19. The minimum atomic E-state index is -0.420. The second-order valence-electron chi connectivity index (χ2n) is 5.52. The van der Waals surface area contributed by atoms with Crippen LogP contribution < -0.4 is 10.6 Å². The van der Waals surface area contributed by atoms with E-state index in [1.54, 1.807) is 10.6 Å². The van der Waals surface area contributed by atoms with E-state index in [0.717, 1.165) is 11.3 Å². The fraction of sp³-hybridized carbons (Fsp3) is 0. The molecule has 0 bridgehead atoms. The Bertz CT molecular complexity index is 1080. The summed E-state index contributed by atoms with van der Waals surface area (Å²) in [5.74, 6) is -0.360. The van der Waals surface area contributed by atoms with Gasteiger partial charge in [0.05, 0.1) is 5.69 Å². The average molecular weight is 348 g/mol. The number of hydrogen-bond acceptors (Lipinski definition) is 4. The molecule has 0 spiro atoms. The molecular weight excluding hydrogens is 335 g/mol. The van der Waals surface area contributed by atoms with Crippen LogP contribution in [0.15, 0.2) is 67.0 Å². The van der Waals surface area contributed by atoms with Gasteiger partial charge >= 0.3 is 6.03 Å². The van der Waals surface area contributed by atoms with Crippen LogP contribution in [-0.4, -0.2) is 25.8 Å². The molecule has 0 radical (unpaired) electrons. The Balaban J connectivity index is 1.51. The molecule has 4 aromatic rings. The van der Waals surface area contributed by atoms with E-state index < -0.39 is 6.03 Å². The highest BCUT2D eigenvalue weighted by molar-refractivity contribution is 6.00. The van der Waals surface area contributed by atoms with Crippen molar-refractivity contribution < 1.29 is 9.18 Å². The van der Waals surface area contributed by atoms with Crippen LogP contribution in [0.3, 0.4) is 0 Å². The topological polar surface area (TPSA) is 84.2 Å². The molecule has 8 heteroatoms. The molecule has 26 heavy (non-hydrogen) atoms. The van der Waals surface area contributed by atoms with Crippen LogP contribution in [-0.2, 0) is 0 Å². The van der Waals surface area contributed by atoms with E-state index in [-0.39, 0.29) is 5.82 Å². The van der Waals surface area contributed by atoms with Crippen molar-refractivity contribution in [3.63, 3.8) is 0 Å². The zero-order valence-electron chi connectivity index (χ0n) is 13.4. The van der Waals surface area contributed by atoms with Crippen LogP contribution in [0.25, 0.3) is 16.9 Å². The van der Waals surface area contributed by atoms with Crippen molar-refractivity contribution >= 4 is 23.1 Å². The first kappa shape index (κ1) is 15.7. The highest BCUT2D eigenvalue weighted by atomic mass is 19.1. The summed E-state index contributed by atoms with van der Waals surface area (Å²) in [7, 11) is 0. The van der Waals surface area contributed by atoms with Gasteiger partial charge in [0.25, 0.3) is 0 Å². The van der Waals surface area contributed by atoms with Crippen molar-refractivity contribution in [3.8, 4) is 11.3 Å². The number of fused-ring (bicyclic) bond motifs is 1. The highest BCUT2D eigenvalue weighted by Crippen LogP contribution is 2.21. The van der Waals surface area contributed by atoms with Crippen LogP contribution in [0, 0.1) is 5.82 Å². The summed E-state index contributed by atoms with van der Waals surface area (Å²) in [6.45, 7) is 0. The van der Waals surface area contributed by atoms with Crippen molar-refractivity contribution in [3.05, 3.63) is 72.8 Å². The lowest BCUT2D eigenvalue weighted by atomic mass is 10.1. The summed E-state index contributed by atoms with van der Waals surface area (Å²) < 4.78 is 14.5. The molecule has 7 nitrogen and oxygen atoms in total. The van der Waals surface area contributed by atoms with Crippen LogP contribution in [0.4, 0.5) is 20.6 Å². The lowest BCUT2D eigenvalue weighted by Gasteiger charge is -2.09. The molecule has 2 N–H and O–H groups in total. The Kier molecular flexibility index (Phi) is 3.98. The first-order chi connectivity index (χ1) is 12.7. The molecule has 0 saturated carbocycles. The molecule has 0 aliphatic carbocycles. The first-order valence-electron chi connectivity index (χ1n) is 7.78. The lowest BCUT2D eigenvalue weighted by molar-refractivity contribution is 0.262. The third-order valence-corrected chi connectivity index (χ3v) is 3.68. The van der Waals surface area contributed by atoms with E-state index in [1.807, 2.05) is 30.3 Å². The highest BCUT2D eigenvalue weighted by Gasteiger charge is 2.06. The Morgan fingerprint density at radius 1 is 0.962 bits per heavy atom. The van der Waals surface area contributed by atoms with Crippen molar-refractivity contribution in [2.45, 2.75) is 0 Å². The minimum absolute atomic E-state index is 0.360. The van der Waals surface area contributed by atoms with Gasteiger partial charge in [-0.25, -0.2) is 9.18 Å². The molecule has 0 aliphatic heterocycles. The number of nitrogens with one attached hydrogen (secondary N) is 2. The summed E-state index contributed by atoms with van der Waals surface area (Å²) >= 11 is 0. The number of carbonyl (C=O) groups is 1. The fourth-order valence-corrected chi connectivity index (χ4v) is 2.47. The van der Waals surface area contributed by atoms with Crippen molar-refractivity contribution in [2.24, 2.45) is 0 Å². The third kappa shape index (κ3) is 3.34. The van der Waals surface area contributed by atoms with Gasteiger partial charge < -0.3 is 10.6 Å². The zero-order chi connectivity index (χ0) is 17.9. The molecule has 2 amide bonds. The van der Waals surface area contributed by atoms with Crippen LogP contribution in [0.5, 0.6) is 0 Å². The van der Waals surface area contributed by atoms with Crippen LogP contribution in [0.1, 0.15) is 0 Å². The van der Waals surface area contributed by atoms with Crippen molar-refractivity contribution in [2.75, 3.05) is 10.6 Å². The number of halogens is 1. The number of benzene rings is 2. The SMILES string of the molecule is O=C(Nc1ccc(F)cc1)Nc1cccc(-c2ccc3nncn3n2)c1. The molecule has 2 heterocycles. The summed E-state index contributed by atoms with van der Waals surface area (Å²) in [4.78, 5) is 12.1. The van der Waals surface area contributed by atoms with E-state index in [4.69, 9.17) is 0 Å². The first-order valence-corrected chi connectivity index (χ1v) is 7.78. The van der Waals surface area contributed by atoms with Gasteiger partial charge in [-0.05, 0) is 48.5 Å². The van der Waals surface area contributed by atoms with E-state index in [1.165, 1.54) is 30.6 Å². The Labute approximate surface area is 147 Å². The quantitative estimate of drug-likeness (QED) is 0.593. The number of anilines is 2. The van der Waals surface area contributed by atoms with E-state index in [9.17, 15) is 9.18 Å². The molecule has 2 aromatic heterocycles. The van der Waals surface area contributed by atoms with Crippen LogP contribution in [0.2, 0.25) is 0 Å². The fourth-order valence-electron chi connectivity index (χ4n) is 2.47. The number of hydrogen-bond donors (Lipinski definition) is 2. The van der Waals surface area contributed by atoms with Gasteiger partial charge in [-0.15, -0.1) is 10.2 Å².